The minimum atomic E-state index is -0.176. The van der Waals surface area contributed by atoms with Crippen LogP contribution in [0.4, 0.5) is 0 Å². The summed E-state index contributed by atoms with van der Waals surface area (Å²) in [5, 5.41) is 1.81. The maximum atomic E-state index is 11.9. The third kappa shape index (κ3) is 2.02. The van der Waals surface area contributed by atoms with Crippen molar-refractivity contribution in [3.63, 3.8) is 0 Å². The van der Waals surface area contributed by atoms with Gasteiger partial charge in [-0.1, -0.05) is 0 Å². The van der Waals surface area contributed by atoms with Gasteiger partial charge in [-0.25, -0.2) is 4.98 Å². The second-order valence-corrected chi connectivity index (χ2v) is 4.20. The summed E-state index contributed by atoms with van der Waals surface area (Å²) in [6.45, 7) is 0.0163. The standard InChI is InChI=1S/C10H10N2O3S/c1-15-5-7(13)4-12-6-11-8-2-3-16-9(8)10(12)14/h2-3,6H,4-5H2,1H3. The second-order valence-electron chi connectivity index (χ2n) is 3.28. The molecule has 2 aromatic rings. The quantitative estimate of drug-likeness (QED) is 0.785. The molecule has 0 bridgehead atoms. The normalized spacial score (nSPS) is 10.8. The van der Waals surface area contributed by atoms with Crippen molar-refractivity contribution in [3.05, 3.63) is 28.1 Å². The highest BCUT2D eigenvalue weighted by molar-refractivity contribution is 7.17. The fraction of sp³-hybridized carbons (Fsp3) is 0.300. The van der Waals surface area contributed by atoms with Crippen molar-refractivity contribution in [2.24, 2.45) is 0 Å². The molecule has 0 amide bonds. The zero-order chi connectivity index (χ0) is 11.5. The van der Waals surface area contributed by atoms with Crippen LogP contribution in [0.15, 0.2) is 22.6 Å². The van der Waals surface area contributed by atoms with E-state index in [1.807, 2.05) is 0 Å². The number of methoxy groups -OCH3 is 1. The molecule has 0 saturated heterocycles. The van der Waals surface area contributed by atoms with Crippen molar-refractivity contribution in [1.29, 1.82) is 0 Å². The van der Waals surface area contributed by atoms with Crippen LogP contribution in [-0.4, -0.2) is 29.1 Å². The lowest BCUT2D eigenvalue weighted by atomic mass is 10.4. The Balaban J connectivity index is 2.34. The Morgan fingerprint density at radius 2 is 2.44 bits per heavy atom. The third-order valence-electron chi connectivity index (χ3n) is 2.09. The van der Waals surface area contributed by atoms with E-state index in [1.165, 1.54) is 29.3 Å². The third-order valence-corrected chi connectivity index (χ3v) is 2.98. The van der Waals surface area contributed by atoms with Crippen molar-refractivity contribution in [2.75, 3.05) is 13.7 Å². The molecule has 0 radical (unpaired) electrons. The van der Waals surface area contributed by atoms with Crippen LogP contribution in [0.1, 0.15) is 0 Å². The maximum absolute atomic E-state index is 11.9. The van der Waals surface area contributed by atoms with E-state index in [0.29, 0.717) is 10.2 Å². The fourth-order valence-electron chi connectivity index (χ4n) is 1.39. The van der Waals surface area contributed by atoms with E-state index in [4.69, 9.17) is 4.74 Å². The Morgan fingerprint density at radius 3 is 3.19 bits per heavy atom. The molecule has 2 heterocycles. The smallest absolute Gasteiger partial charge is 0.271 e. The van der Waals surface area contributed by atoms with Gasteiger partial charge in [-0.3, -0.25) is 14.2 Å². The van der Waals surface area contributed by atoms with Gasteiger partial charge in [0, 0.05) is 7.11 Å². The van der Waals surface area contributed by atoms with Crippen molar-refractivity contribution in [1.82, 2.24) is 9.55 Å². The van der Waals surface area contributed by atoms with Crippen molar-refractivity contribution >= 4 is 27.3 Å². The lowest BCUT2D eigenvalue weighted by Gasteiger charge is -2.03. The van der Waals surface area contributed by atoms with E-state index in [9.17, 15) is 9.59 Å². The summed E-state index contributed by atoms with van der Waals surface area (Å²) in [7, 11) is 1.45. The first-order valence-corrected chi connectivity index (χ1v) is 5.53. The second kappa shape index (κ2) is 4.54. The van der Waals surface area contributed by atoms with Crippen LogP contribution in [0.2, 0.25) is 0 Å². The van der Waals surface area contributed by atoms with E-state index in [2.05, 4.69) is 4.98 Å². The largest absolute Gasteiger partial charge is 0.377 e. The molecule has 2 rings (SSSR count). The molecule has 0 aliphatic heterocycles. The van der Waals surface area contributed by atoms with Crippen molar-refractivity contribution in [2.45, 2.75) is 6.54 Å². The van der Waals surface area contributed by atoms with Crippen LogP contribution in [-0.2, 0) is 16.1 Å². The van der Waals surface area contributed by atoms with E-state index in [-0.39, 0.29) is 24.5 Å². The average Bonchev–Trinajstić information content (AvgIpc) is 2.71. The fourth-order valence-corrected chi connectivity index (χ4v) is 2.18. The Kier molecular flexibility index (Phi) is 3.12. The van der Waals surface area contributed by atoms with Crippen LogP contribution in [0.25, 0.3) is 10.2 Å². The number of rotatable bonds is 4. The highest BCUT2D eigenvalue weighted by Crippen LogP contribution is 2.12. The number of carbonyl (C=O) groups excluding carboxylic acids is 1. The van der Waals surface area contributed by atoms with Gasteiger partial charge < -0.3 is 4.74 Å². The highest BCUT2D eigenvalue weighted by atomic mass is 32.1. The summed E-state index contributed by atoms with van der Waals surface area (Å²) in [5.74, 6) is -0.151. The first-order valence-electron chi connectivity index (χ1n) is 4.65. The first kappa shape index (κ1) is 11.0. The van der Waals surface area contributed by atoms with Gasteiger partial charge in [0.05, 0.1) is 18.4 Å². The zero-order valence-electron chi connectivity index (χ0n) is 8.67. The molecule has 84 valence electrons. The molecule has 0 fully saturated rings. The van der Waals surface area contributed by atoms with Crippen molar-refractivity contribution < 1.29 is 9.53 Å². The van der Waals surface area contributed by atoms with E-state index >= 15 is 0 Å². The number of carbonyl (C=O) groups is 1. The Bertz CT molecular complexity index is 573. The van der Waals surface area contributed by atoms with Gasteiger partial charge in [0.1, 0.15) is 11.3 Å². The predicted molar refractivity (Wildman–Crippen MR) is 60.8 cm³/mol. The molecule has 16 heavy (non-hydrogen) atoms. The molecule has 0 spiro atoms. The van der Waals surface area contributed by atoms with Crippen LogP contribution < -0.4 is 5.56 Å². The number of ether oxygens (including phenoxy) is 1. The zero-order valence-corrected chi connectivity index (χ0v) is 9.49. The minimum Gasteiger partial charge on any atom is -0.377 e. The SMILES string of the molecule is COCC(=O)Cn1cnc2ccsc2c1=O. The van der Waals surface area contributed by atoms with Crippen LogP contribution in [0.5, 0.6) is 0 Å². The Morgan fingerprint density at radius 1 is 1.62 bits per heavy atom. The Labute approximate surface area is 95.3 Å². The number of ketones is 1. The molecule has 0 atom stereocenters. The number of aromatic nitrogens is 2. The molecular weight excluding hydrogens is 228 g/mol. The summed E-state index contributed by atoms with van der Waals surface area (Å²) in [6, 6.07) is 1.78. The molecule has 0 aliphatic carbocycles. The number of hydrogen-bond acceptors (Lipinski definition) is 5. The summed E-state index contributed by atoms with van der Waals surface area (Å²) in [5.41, 5.74) is 0.495. The predicted octanol–water partition coefficient (Wildman–Crippen LogP) is 0.674. The summed E-state index contributed by atoms with van der Waals surface area (Å²) < 4.78 is 6.59. The number of nitrogens with zero attached hydrogens (tertiary/aromatic N) is 2. The summed E-state index contributed by atoms with van der Waals surface area (Å²) >= 11 is 1.33. The van der Waals surface area contributed by atoms with Crippen LogP contribution in [0.3, 0.4) is 0 Å². The minimum absolute atomic E-state index is 0.00745. The summed E-state index contributed by atoms with van der Waals surface area (Å²) in [6.07, 6.45) is 1.39. The number of thiophene rings is 1. The first-order chi connectivity index (χ1) is 7.72. The van der Waals surface area contributed by atoms with E-state index in [1.54, 1.807) is 11.4 Å². The topological polar surface area (TPSA) is 61.2 Å². The van der Waals surface area contributed by atoms with Gasteiger partial charge in [-0.05, 0) is 11.4 Å². The van der Waals surface area contributed by atoms with E-state index < -0.39 is 0 Å². The Hall–Kier alpha value is -1.53. The molecule has 2 aromatic heterocycles. The number of fused-ring (bicyclic) bond motifs is 1. The highest BCUT2D eigenvalue weighted by Gasteiger charge is 2.08. The molecule has 0 aliphatic rings. The maximum Gasteiger partial charge on any atom is 0.271 e. The van der Waals surface area contributed by atoms with Gasteiger partial charge in [-0.2, -0.15) is 0 Å². The van der Waals surface area contributed by atoms with Crippen LogP contribution >= 0.6 is 11.3 Å². The molecule has 5 nitrogen and oxygen atoms in total. The molecule has 0 aromatic carbocycles. The van der Waals surface area contributed by atoms with Crippen molar-refractivity contribution in [3.8, 4) is 0 Å². The van der Waals surface area contributed by atoms with E-state index in [0.717, 1.165) is 0 Å². The molecule has 0 saturated carbocycles. The molecule has 0 N–H and O–H groups in total. The average molecular weight is 238 g/mol. The van der Waals surface area contributed by atoms with Crippen LogP contribution in [0, 0.1) is 0 Å². The summed E-state index contributed by atoms with van der Waals surface area (Å²) in [4.78, 5) is 27.3. The lowest BCUT2D eigenvalue weighted by molar-refractivity contribution is -0.123. The lowest BCUT2D eigenvalue weighted by Crippen LogP contribution is -2.25. The van der Waals surface area contributed by atoms with Gasteiger partial charge in [0.2, 0.25) is 0 Å². The van der Waals surface area contributed by atoms with Gasteiger partial charge >= 0.3 is 0 Å². The molecule has 6 heteroatoms. The number of Topliss-reactive ketones (excluding diaryl/α,β-unsaturated/α-hetero) is 1. The monoisotopic (exact) mass is 238 g/mol. The molecular formula is C10H10N2O3S. The van der Waals surface area contributed by atoms with Gasteiger partial charge in [-0.15, -0.1) is 11.3 Å². The number of hydrogen-bond donors (Lipinski definition) is 0. The van der Waals surface area contributed by atoms with Gasteiger partial charge in [0.25, 0.3) is 5.56 Å². The van der Waals surface area contributed by atoms with Gasteiger partial charge in [0.15, 0.2) is 5.78 Å². The molecule has 0 unspecified atom stereocenters.